The minimum absolute atomic E-state index is 0.0491. The molecule has 0 N–H and O–H groups in total. The molecule has 0 bridgehead atoms. The Morgan fingerprint density at radius 1 is 1.29 bits per heavy atom. The molecular formula is C13H16F3N3O4S. The number of benzene rings is 1. The summed E-state index contributed by atoms with van der Waals surface area (Å²) >= 11 is 0. The Bertz CT molecular complexity index is 751. The van der Waals surface area contributed by atoms with Crippen molar-refractivity contribution in [2.75, 3.05) is 30.8 Å². The molecule has 1 fully saturated rings. The lowest BCUT2D eigenvalue weighted by atomic mass is 10.1. The van der Waals surface area contributed by atoms with Crippen molar-refractivity contribution in [2.45, 2.75) is 19.1 Å². The number of piperazine rings is 1. The van der Waals surface area contributed by atoms with Gasteiger partial charge in [-0.15, -0.1) is 0 Å². The van der Waals surface area contributed by atoms with E-state index in [1.807, 2.05) is 0 Å². The lowest BCUT2D eigenvalue weighted by Gasteiger charge is -2.39. The monoisotopic (exact) mass is 367 g/mol. The predicted molar refractivity (Wildman–Crippen MR) is 81.3 cm³/mol. The third kappa shape index (κ3) is 3.78. The molecule has 0 radical (unpaired) electrons. The topological polar surface area (TPSA) is 83.8 Å². The molecule has 1 atom stereocenters. The number of hydrogen-bond donors (Lipinski definition) is 0. The van der Waals surface area contributed by atoms with Gasteiger partial charge < -0.3 is 4.90 Å². The molecule has 0 aromatic heterocycles. The van der Waals surface area contributed by atoms with Gasteiger partial charge in [-0.2, -0.15) is 17.5 Å². The van der Waals surface area contributed by atoms with Gasteiger partial charge in [-0.1, -0.05) is 0 Å². The highest BCUT2D eigenvalue weighted by atomic mass is 32.2. The van der Waals surface area contributed by atoms with Crippen molar-refractivity contribution in [3.63, 3.8) is 0 Å². The van der Waals surface area contributed by atoms with Gasteiger partial charge in [0.2, 0.25) is 10.0 Å². The second kappa shape index (κ2) is 6.20. The zero-order valence-corrected chi connectivity index (χ0v) is 13.8. The fourth-order valence-corrected chi connectivity index (χ4v) is 3.90. The minimum atomic E-state index is -4.68. The van der Waals surface area contributed by atoms with Crippen LogP contribution in [0.3, 0.4) is 0 Å². The molecule has 1 aromatic carbocycles. The maximum absolute atomic E-state index is 12.7. The second-order valence-electron chi connectivity index (χ2n) is 5.63. The Labute approximate surface area is 136 Å². The van der Waals surface area contributed by atoms with Crippen LogP contribution in [0, 0.1) is 10.1 Å². The highest BCUT2D eigenvalue weighted by Gasteiger charge is 2.36. The van der Waals surface area contributed by atoms with Gasteiger partial charge in [0.1, 0.15) is 5.69 Å². The van der Waals surface area contributed by atoms with E-state index >= 15 is 0 Å². The number of hydrogen-bond acceptors (Lipinski definition) is 5. The van der Waals surface area contributed by atoms with Crippen molar-refractivity contribution >= 4 is 21.4 Å². The lowest BCUT2D eigenvalue weighted by molar-refractivity contribution is -0.384. The Hall–Kier alpha value is -1.88. The van der Waals surface area contributed by atoms with Crippen LogP contribution in [0.4, 0.5) is 24.5 Å². The fourth-order valence-electron chi connectivity index (χ4n) is 2.77. The number of nitro benzene ring substituents is 1. The molecule has 0 saturated carbocycles. The van der Waals surface area contributed by atoms with Crippen molar-refractivity contribution in [3.05, 3.63) is 33.9 Å². The van der Waals surface area contributed by atoms with Crippen molar-refractivity contribution in [3.8, 4) is 0 Å². The van der Waals surface area contributed by atoms with Crippen LogP contribution in [0.25, 0.3) is 0 Å². The van der Waals surface area contributed by atoms with Crippen LogP contribution in [0.1, 0.15) is 12.5 Å². The van der Waals surface area contributed by atoms with Crippen molar-refractivity contribution in [2.24, 2.45) is 0 Å². The molecule has 1 aliphatic heterocycles. The Morgan fingerprint density at radius 3 is 2.38 bits per heavy atom. The summed E-state index contributed by atoms with van der Waals surface area (Å²) in [6.45, 7) is 2.06. The summed E-state index contributed by atoms with van der Waals surface area (Å²) in [4.78, 5) is 11.8. The summed E-state index contributed by atoms with van der Waals surface area (Å²) in [5.74, 6) is 0. The van der Waals surface area contributed by atoms with E-state index in [2.05, 4.69) is 0 Å². The number of nitro groups is 1. The highest BCUT2D eigenvalue weighted by molar-refractivity contribution is 7.88. The first-order valence-corrected chi connectivity index (χ1v) is 8.83. The number of alkyl halides is 3. The molecule has 24 heavy (non-hydrogen) atoms. The number of anilines is 1. The van der Waals surface area contributed by atoms with Crippen molar-refractivity contribution in [1.29, 1.82) is 0 Å². The first-order valence-electron chi connectivity index (χ1n) is 6.98. The van der Waals surface area contributed by atoms with E-state index in [0.29, 0.717) is 6.07 Å². The first kappa shape index (κ1) is 18.5. The summed E-state index contributed by atoms with van der Waals surface area (Å²) in [7, 11) is -3.41. The van der Waals surface area contributed by atoms with Gasteiger partial charge >= 0.3 is 6.18 Å². The summed E-state index contributed by atoms with van der Waals surface area (Å²) in [6.07, 6.45) is -3.61. The zero-order chi connectivity index (χ0) is 18.3. The summed E-state index contributed by atoms with van der Waals surface area (Å²) in [5.41, 5.74) is -1.70. The quantitative estimate of drug-likeness (QED) is 0.603. The number of rotatable bonds is 3. The normalized spacial score (nSPS) is 20.2. The van der Waals surface area contributed by atoms with E-state index in [-0.39, 0.29) is 25.3 Å². The smallest absolute Gasteiger partial charge is 0.363 e. The van der Waals surface area contributed by atoms with E-state index in [1.165, 1.54) is 9.21 Å². The van der Waals surface area contributed by atoms with Crippen LogP contribution >= 0.6 is 0 Å². The lowest BCUT2D eigenvalue weighted by Crippen LogP contribution is -2.53. The van der Waals surface area contributed by atoms with Crippen LogP contribution in [0.2, 0.25) is 0 Å². The molecule has 1 heterocycles. The zero-order valence-electron chi connectivity index (χ0n) is 12.9. The minimum Gasteiger partial charge on any atom is -0.363 e. The third-order valence-electron chi connectivity index (χ3n) is 3.83. The molecule has 0 amide bonds. The van der Waals surface area contributed by atoms with Crippen LogP contribution in [0.15, 0.2) is 18.2 Å². The Kier molecular flexibility index (Phi) is 4.77. The standard InChI is InChI=1S/C13H16F3N3O4S/c1-9-8-17(5-6-18(9)24(2,22)23)11-4-3-10(13(14,15)16)7-12(11)19(20)21/h3-4,7,9H,5-6,8H2,1-2H3/t9-/m1/s1. The molecule has 0 unspecified atom stereocenters. The van der Waals surface area contributed by atoms with E-state index < -0.39 is 38.4 Å². The van der Waals surface area contributed by atoms with Crippen molar-refractivity contribution in [1.82, 2.24) is 4.31 Å². The van der Waals surface area contributed by atoms with Gasteiger partial charge in [0, 0.05) is 31.7 Å². The highest BCUT2D eigenvalue weighted by Crippen LogP contribution is 2.37. The number of sulfonamides is 1. The SMILES string of the molecule is C[C@@H]1CN(c2ccc(C(F)(F)F)cc2[N+](=O)[O-])CCN1S(C)(=O)=O. The van der Waals surface area contributed by atoms with Crippen molar-refractivity contribution < 1.29 is 26.5 Å². The molecule has 7 nitrogen and oxygen atoms in total. The third-order valence-corrected chi connectivity index (χ3v) is 5.23. The van der Waals surface area contributed by atoms with Gasteiger partial charge in [-0.05, 0) is 19.1 Å². The van der Waals surface area contributed by atoms with Gasteiger partial charge in [0.15, 0.2) is 0 Å². The van der Waals surface area contributed by atoms with Gasteiger partial charge in [-0.25, -0.2) is 8.42 Å². The summed E-state index contributed by atoms with van der Waals surface area (Å²) < 4.78 is 62.8. The maximum atomic E-state index is 12.7. The molecule has 11 heteroatoms. The van der Waals surface area contributed by atoms with E-state index in [0.717, 1.165) is 18.4 Å². The number of halogens is 3. The molecule has 2 rings (SSSR count). The van der Waals surface area contributed by atoms with Crippen LogP contribution < -0.4 is 4.90 Å². The molecule has 1 aromatic rings. The first-order chi connectivity index (χ1) is 10.9. The average Bonchev–Trinajstić information content (AvgIpc) is 2.44. The van der Waals surface area contributed by atoms with E-state index in [4.69, 9.17) is 0 Å². The van der Waals surface area contributed by atoms with Crippen LogP contribution in [-0.2, 0) is 16.2 Å². The summed E-state index contributed by atoms with van der Waals surface area (Å²) in [5, 5.41) is 11.2. The Balaban J connectivity index is 2.35. The second-order valence-corrected chi connectivity index (χ2v) is 7.56. The molecule has 1 aliphatic rings. The van der Waals surface area contributed by atoms with Gasteiger partial charge in [-0.3, -0.25) is 10.1 Å². The Morgan fingerprint density at radius 2 is 1.92 bits per heavy atom. The molecule has 134 valence electrons. The molecule has 0 spiro atoms. The maximum Gasteiger partial charge on any atom is 0.416 e. The molecule has 1 saturated heterocycles. The average molecular weight is 367 g/mol. The molecule has 0 aliphatic carbocycles. The van der Waals surface area contributed by atoms with Crippen LogP contribution in [0.5, 0.6) is 0 Å². The summed E-state index contributed by atoms with van der Waals surface area (Å²) in [6, 6.07) is 1.90. The van der Waals surface area contributed by atoms with Gasteiger partial charge in [0.05, 0.1) is 16.7 Å². The van der Waals surface area contributed by atoms with Gasteiger partial charge in [0.25, 0.3) is 5.69 Å². The van der Waals surface area contributed by atoms with E-state index in [1.54, 1.807) is 6.92 Å². The number of nitrogens with zero attached hydrogens (tertiary/aromatic N) is 3. The molecular weight excluding hydrogens is 351 g/mol. The largest absolute Gasteiger partial charge is 0.416 e. The van der Waals surface area contributed by atoms with E-state index in [9.17, 15) is 31.7 Å². The predicted octanol–water partition coefficient (Wildman–Crippen LogP) is 2.08. The van der Waals surface area contributed by atoms with Crippen LogP contribution in [-0.4, -0.2) is 49.6 Å². The fraction of sp³-hybridized carbons (Fsp3) is 0.538.